The van der Waals surface area contributed by atoms with Crippen LogP contribution in [-0.2, 0) is 16.0 Å². The van der Waals surface area contributed by atoms with Gasteiger partial charge in [-0.15, -0.1) is 5.10 Å². The third-order valence-electron chi connectivity index (χ3n) is 6.06. The molecule has 2 amide bonds. The highest BCUT2D eigenvalue weighted by Gasteiger charge is 2.27. The molecule has 1 aromatic carbocycles. The molecular formula is C23H28N6O2S. The second-order valence-corrected chi connectivity index (χ2v) is 8.86. The number of nitrogens with one attached hydrogen (secondary N) is 1. The quantitative estimate of drug-likeness (QED) is 0.577. The largest absolute Gasteiger partial charge is 0.343 e. The van der Waals surface area contributed by atoms with Gasteiger partial charge in [-0.05, 0) is 57.1 Å². The van der Waals surface area contributed by atoms with Crippen molar-refractivity contribution in [3.8, 4) is 0 Å². The Hall–Kier alpha value is -2.94. The van der Waals surface area contributed by atoms with Gasteiger partial charge in [-0.25, -0.2) is 9.50 Å². The first-order valence-electron chi connectivity index (χ1n) is 10.9. The van der Waals surface area contributed by atoms with Crippen molar-refractivity contribution >= 4 is 35.0 Å². The Labute approximate surface area is 191 Å². The van der Waals surface area contributed by atoms with E-state index in [0.717, 1.165) is 22.6 Å². The molecule has 0 saturated carbocycles. The monoisotopic (exact) mass is 452 g/mol. The second-order valence-electron chi connectivity index (χ2n) is 8.08. The van der Waals surface area contributed by atoms with E-state index in [9.17, 15) is 9.59 Å². The zero-order chi connectivity index (χ0) is 22.7. The van der Waals surface area contributed by atoms with Gasteiger partial charge < -0.3 is 10.2 Å². The third kappa shape index (κ3) is 4.77. The molecule has 0 spiro atoms. The normalized spacial score (nSPS) is 14.7. The predicted molar refractivity (Wildman–Crippen MR) is 125 cm³/mol. The Bertz CT molecular complexity index is 1120. The number of aromatic nitrogens is 4. The number of carbonyl (C=O) groups excluding carboxylic acids is 2. The number of anilines is 1. The molecule has 1 aliphatic heterocycles. The van der Waals surface area contributed by atoms with Crippen LogP contribution < -0.4 is 5.32 Å². The maximum Gasteiger partial charge on any atom is 0.253 e. The number of aryl methyl sites for hydroxylation is 2. The number of nitrogens with zero attached hydrogens (tertiary/aromatic N) is 5. The van der Waals surface area contributed by atoms with Gasteiger partial charge in [0, 0.05) is 42.5 Å². The first-order chi connectivity index (χ1) is 15.5. The van der Waals surface area contributed by atoms with Gasteiger partial charge in [0.1, 0.15) is 0 Å². The fourth-order valence-electron chi connectivity index (χ4n) is 4.19. The maximum atomic E-state index is 12.8. The topological polar surface area (TPSA) is 92.5 Å². The average Bonchev–Trinajstić information content (AvgIpc) is 3.23. The van der Waals surface area contributed by atoms with Crippen molar-refractivity contribution in [2.45, 2.75) is 44.7 Å². The van der Waals surface area contributed by atoms with Crippen molar-refractivity contribution in [3.63, 3.8) is 0 Å². The van der Waals surface area contributed by atoms with Crippen molar-refractivity contribution in [2.24, 2.45) is 5.92 Å². The molecule has 32 heavy (non-hydrogen) atoms. The SMILES string of the molecule is CSc1nc2nc(C)c(CCC(=O)N3CCC(C(=O)Nc4ccccc4)CC3)c(C)n2n1. The molecule has 1 fully saturated rings. The lowest BCUT2D eigenvalue weighted by Gasteiger charge is -2.31. The van der Waals surface area contributed by atoms with Crippen LogP contribution in [0.5, 0.6) is 0 Å². The smallest absolute Gasteiger partial charge is 0.253 e. The highest BCUT2D eigenvalue weighted by atomic mass is 32.2. The Kier molecular flexibility index (Phi) is 6.74. The first-order valence-corrected chi connectivity index (χ1v) is 12.1. The molecule has 2 aromatic heterocycles. The van der Waals surface area contributed by atoms with Gasteiger partial charge in [-0.1, -0.05) is 30.0 Å². The second kappa shape index (κ2) is 9.68. The van der Waals surface area contributed by atoms with E-state index in [-0.39, 0.29) is 17.7 Å². The van der Waals surface area contributed by atoms with Crippen LogP contribution in [0, 0.1) is 19.8 Å². The van der Waals surface area contributed by atoms with Crippen LogP contribution in [0.3, 0.4) is 0 Å². The summed E-state index contributed by atoms with van der Waals surface area (Å²) < 4.78 is 1.76. The summed E-state index contributed by atoms with van der Waals surface area (Å²) in [5, 5.41) is 8.14. The Morgan fingerprint density at radius 3 is 2.53 bits per heavy atom. The van der Waals surface area contributed by atoms with Crippen molar-refractivity contribution in [2.75, 3.05) is 24.7 Å². The van der Waals surface area contributed by atoms with E-state index >= 15 is 0 Å². The highest BCUT2D eigenvalue weighted by molar-refractivity contribution is 7.98. The van der Waals surface area contributed by atoms with Gasteiger partial charge in [0.15, 0.2) is 0 Å². The fourth-order valence-corrected chi connectivity index (χ4v) is 4.52. The molecule has 1 saturated heterocycles. The molecule has 1 aliphatic rings. The summed E-state index contributed by atoms with van der Waals surface area (Å²) >= 11 is 1.48. The predicted octanol–water partition coefficient (Wildman–Crippen LogP) is 3.27. The first kappa shape index (κ1) is 22.3. The molecule has 3 aromatic rings. The van der Waals surface area contributed by atoms with Gasteiger partial charge in [0.05, 0.1) is 0 Å². The summed E-state index contributed by atoms with van der Waals surface area (Å²) in [4.78, 5) is 36.2. The number of carbonyl (C=O) groups is 2. The van der Waals surface area contributed by atoms with Crippen molar-refractivity contribution in [1.82, 2.24) is 24.5 Å². The number of amides is 2. The van der Waals surface area contributed by atoms with Gasteiger partial charge in [0.25, 0.3) is 5.78 Å². The molecule has 3 heterocycles. The lowest BCUT2D eigenvalue weighted by Crippen LogP contribution is -2.41. The third-order valence-corrected chi connectivity index (χ3v) is 6.60. The van der Waals surface area contributed by atoms with Crippen LogP contribution in [0.2, 0.25) is 0 Å². The van der Waals surface area contributed by atoms with Gasteiger partial charge >= 0.3 is 0 Å². The molecule has 0 radical (unpaired) electrons. The van der Waals surface area contributed by atoms with Crippen LogP contribution in [-0.4, -0.2) is 55.6 Å². The van der Waals surface area contributed by atoms with Crippen LogP contribution in [0.15, 0.2) is 35.5 Å². The van der Waals surface area contributed by atoms with Crippen LogP contribution >= 0.6 is 11.8 Å². The molecular weight excluding hydrogens is 424 g/mol. The van der Waals surface area contributed by atoms with E-state index in [1.165, 1.54) is 11.8 Å². The van der Waals surface area contributed by atoms with Crippen LogP contribution in [0.25, 0.3) is 5.78 Å². The number of hydrogen-bond donors (Lipinski definition) is 1. The standard InChI is InChI=1S/C23H28N6O2S/c1-15-19(16(2)29-22(24-15)26-23(27-29)32-3)9-10-20(30)28-13-11-17(12-14-28)21(31)25-18-7-5-4-6-8-18/h4-8,17H,9-14H2,1-3H3,(H,25,31). The van der Waals surface area contributed by atoms with Crippen LogP contribution in [0.4, 0.5) is 5.69 Å². The molecule has 0 aliphatic carbocycles. The van der Waals surface area contributed by atoms with E-state index < -0.39 is 0 Å². The number of rotatable bonds is 6. The van der Waals surface area contributed by atoms with Gasteiger partial charge in [-0.2, -0.15) is 4.98 Å². The van der Waals surface area contributed by atoms with Crippen LogP contribution in [0.1, 0.15) is 36.2 Å². The Morgan fingerprint density at radius 2 is 1.84 bits per heavy atom. The summed E-state index contributed by atoms with van der Waals surface area (Å²) in [6.45, 7) is 5.18. The molecule has 9 heteroatoms. The minimum Gasteiger partial charge on any atom is -0.343 e. The average molecular weight is 453 g/mol. The molecule has 8 nitrogen and oxygen atoms in total. The van der Waals surface area contributed by atoms with E-state index in [4.69, 9.17) is 0 Å². The number of para-hydroxylation sites is 1. The van der Waals surface area contributed by atoms with Crippen molar-refractivity contribution < 1.29 is 9.59 Å². The molecule has 168 valence electrons. The summed E-state index contributed by atoms with van der Waals surface area (Å²) in [5.74, 6) is 0.684. The molecule has 4 rings (SSSR count). The van der Waals surface area contributed by atoms with E-state index in [1.54, 1.807) is 4.52 Å². The zero-order valence-corrected chi connectivity index (χ0v) is 19.5. The minimum absolute atomic E-state index is 0.0337. The number of likely N-dealkylation sites (tertiary alicyclic amines) is 1. The van der Waals surface area contributed by atoms with Gasteiger partial charge in [0.2, 0.25) is 17.0 Å². The summed E-state index contributed by atoms with van der Waals surface area (Å²) in [5.41, 5.74) is 3.72. The summed E-state index contributed by atoms with van der Waals surface area (Å²) in [7, 11) is 0. The van der Waals surface area contributed by atoms with Crippen molar-refractivity contribution in [1.29, 1.82) is 0 Å². The lowest BCUT2D eigenvalue weighted by atomic mass is 9.95. The van der Waals surface area contributed by atoms with Gasteiger partial charge in [-0.3, -0.25) is 9.59 Å². The molecule has 1 N–H and O–H groups in total. The fraction of sp³-hybridized carbons (Fsp3) is 0.435. The number of hydrogen-bond acceptors (Lipinski definition) is 6. The van der Waals surface area contributed by atoms with E-state index in [2.05, 4.69) is 20.4 Å². The number of piperidine rings is 1. The Morgan fingerprint density at radius 1 is 1.12 bits per heavy atom. The summed E-state index contributed by atoms with van der Waals surface area (Å²) in [6.07, 6.45) is 4.34. The molecule has 0 unspecified atom stereocenters. The number of fused-ring (bicyclic) bond motifs is 1. The highest BCUT2D eigenvalue weighted by Crippen LogP contribution is 2.22. The van der Waals surface area contributed by atoms with E-state index in [1.807, 2.05) is 55.3 Å². The minimum atomic E-state index is -0.0618. The maximum absolute atomic E-state index is 12.8. The van der Waals surface area contributed by atoms with E-state index in [0.29, 0.717) is 49.7 Å². The lowest BCUT2D eigenvalue weighted by molar-refractivity contribution is -0.134. The van der Waals surface area contributed by atoms with Crippen molar-refractivity contribution in [3.05, 3.63) is 47.3 Å². The number of benzene rings is 1. The Balaban J connectivity index is 1.32. The summed E-state index contributed by atoms with van der Waals surface area (Å²) in [6, 6.07) is 9.49. The molecule has 0 atom stereocenters. The molecule has 0 bridgehead atoms. The number of thioether (sulfide) groups is 1. The zero-order valence-electron chi connectivity index (χ0n) is 18.7.